The van der Waals surface area contributed by atoms with Gasteiger partial charge in [-0.15, -0.1) is 0 Å². The molecular weight excluding hydrogens is 393 g/mol. The smallest absolute Gasteiger partial charge is 0.222 e. The third kappa shape index (κ3) is 6.15. The number of hydrogen-bond acceptors (Lipinski definition) is 4. The number of benzene rings is 2. The minimum absolute atomic E-state index is 0.347. The van der Waals surface area contributed by atoms with Crippen LogP contribution < -0.4 is 4.74 Å². The van der Waals surface area contributed by atoms with E-state index in [0.717, 1.165) is 42.6 Å². The maximum atomic E-state index is 13.7. The summed E-state index contributed by atoms with van der Waals surface area (Å²) in [6.45, 7) is 6.22. The van der Waals surface area contributed by atoms with E-state index in [2.05, 4.69) is 18.7 Å². The van der Waals surface area contributed by atoms with Crippen molar-refractivity contribution >= 4 is 0 Å². The number of hydrogen-bond donors (Lipinski definition) is 1. The standard InChI is InChI=1S/C25H32FN3O2/c1-4-10-21(30)17-29(15-5-2)18-23-24(19-11-7-6-8-12-19)27-28(3)25(23)31-22-14-9-13-20(26)16-22/h6-9,11-14,16,21,30H,4-5,10,15,17-18H2,1-3H3/t21-/m1/s1. The van der Waals surface area contributed by atoms with Gasteiger partial charge in [0.15, 0.2) is 0 Å². The lowest BCUT2D eigenvalue weighted by molar-refractivity contribution is 0.100. The molecule has 2 aromatic carbocycles. The average Bonchev–Trinajstić information content (AvgIpc) is 3.04. The SMILES string of the molecule is CCC[C@@H](O)CN(CCC)Cc1c(-c2ccccc2)nn(C)c1Oc1cccc(F)c1. The normalized spacial score (nSPS) is 12.3. The van der Waals surface area contributed by atoms with Gasteiger partial charge in [0.25, 0.3) is 0 Å². The van der Waals surface area contributed by atoms with Gasteiger partial charge in [-0.3, -0.25) is 4.90 Å². The second-order valence-corrected chi connectivity index (χ2v) is 7.86. The number of nitrogens with zero attached hydrogens (tertiary/aromatic N) is 3. The maximum absolute atomic E-state index is 13.7. The topological polar surface area (TPSA) is 50.5 Å². The van der Waals surface area contributed by atoms with Gasteiger partial charge in [-0.2, -0.15) is 5.10 Å². The molecule has 1 atom stereocenters. The van der Waals surface area contributed by atoms with Crippen molar-refractivity contribution in [2.45, 2.75) is 45.8 Å². The molecule has 5 nitrogen and oxygen atoms in total. The van der Waals surface area contributed by atoms with Gasteiger partial charge in [-0.1, -0.05) is 56.7 Å². The van der Waals surface area contributed by atoms with Gasteiger partial charge in [0.1, 0.15) is 17.3 Å². The summed E-state index contributed by atoms with van der Waals surface area (Å²) in [5.74, 6) is 0.659. The molecule has 3 aromatic rings. The van der Waals surface area contributed by atoms with E-state index in [-0.39, 0.29) is 11.9 Å². The van der Waals surface area contributed by atoms with Crippen LogP contribution in [0.25, 0.3) is 11.3 Å². The molecule has 0 unspecified atom stereocenters. The second-order valence-electron chi connectivity index (χ2n) is 7.86. The zero-order chi connectivity index (χ0) is 22.2. The molecule has 3 rings (SSSR count). The Kier molecular flexibility index (Phi) is 8.20. The van der Waals surface area contributed by atoms with Gasteiger partial charge in [0, 0.05) is 31.8 Å². The largest absolute Gasteiger partial charge is 0.439 e. The summed E-state index contributed by atoms with van der Waals surface area (Å²) >= 11 is 0. The maximum Gasteiger partial charge on any atom is 0.222 e. The van der Waals surface area contributed by atoms with Crippen LogP contribution in [-0.2, 0) is 13.6 Å². The van der Waals surface area contributed by atoms with Gasteiger partial charge in [0.2, 0.25) is 5.88 Å². The Bertz CT molecular complexity index is 959. The highest BCUT2D eigenvalue weighted by Crippen LogP contribution is 2.34. The van der Waals surface area contributed by atoms with E-state index in [1.807, 2.05) is 37.4 Å². The molecule has 6 heteroatoms. The quantitative estimate of drug-likeness (QED) is 0.447. The monoisotopic (exact) mass is 425 g/mol. The molecule has 0 saturated heterocycles. The Hall–Kier alpha value is -2.70. The molecule has 0 amide bonds. The van der Waals surface area contributed by atoms with Gasteiger partial charge in [0.05, 0.1) is 11.7 Å². The van der Waals surface area contributed by atoms with Gasteiger partial charge in [-0.25, -0.2) is 9.07 Å². The molecule has 1 N–H and O–H groups in total. The number of ether oxygens (including phenoxy) is 1. The predicted octanol–water partition coefficient (Wildman–Crippen LogP) is 5.39. The van der Waals surface area contributed by atoms with E-state index in [4.69, 9.17) is 9.84 Å². The summed E-state index contributed by atoms with van der Waals surface area (Å²) in [5.41, 5.74) is 2.75. The van der Waals surface area contributed by atoms with E-state index < -0.39 is 0 Å². The molecule has 0 saturated carbocycles. The fourth-order valence-corrected chi connectivity index (χ4v) is 3.79. The molecule has 1 aromatic heterocycles. The summed E-state index contributed by atoms with van der Waals surface area (Å²) < 4.78 is 21.6. The van der Waals surface area contributed by atoms with E-state index in [0.29, 0.717) is 24.7 Å². The van der Waals surface area contributed by atoms with Crippen molar-refractivity contribution in [3.8, 4) is 22.9 Å². The van der Waals surface area contributed by atoms with Crippen LogP contribution >= 0.6 is 0 Å². The summed E-state index contributed by atoms with van der Waals surface area (Å²) in [4.78, 5) is 2.24. The summed E-state index contributed by atoms with van der Waals surface area (Å²) in [6.07, 6.45) is 2.31. The minimum Gasteiger partial charge on any atom is -0.439 e. The predicted molar refractivity (Wildman–Crippen MR) is 122 cm³/mol. The lowest BCUT2D eigenvalue weighted by Crippen LogP contribution is -2.32. The van der Waals surface area contributed by atoms with Crippen molar-refractivity contribution < 1.29 is 14.2 Å². The highest BCUT2D eigenvalue weighted by Gasteiger charge is 2.23. The van der Waals surface area contributed by atoms with Crippen LogP contribution in [0, 0.1) is 5.82 Å². The van der Waals surface area contributed by atoms with Crippen LogP contribution in [0.1, 0.15) is 38.7 Å². The lowest BCUT2D eigenvalue weighted by Gasteiger charge is -2.25. The molecule has 166 valence electrons. The third-order valence-corrected chi connectivity index (χ3v) is 5.16. The van der Waals surface area contributed by atoms with Crippen LogP contribution in [0.3, 0.4) is 0 Å². The summed E-state index contributed by atoms with van der Waals surface area (Å²) in [7, 11) is 1.83. The van der Waals surface area contributed by atoms with Gasteiger partial charge >= 0.3 is 0 Å². The van der Waals surface area contributed by atoms with Crippen LogP contribution in [0.4, 0.5) is 4.39 Å². The van der Waals surface area contributed by atoms with Gasteiger partial charge < -0.3 is 9.84 Å². The van der Waals surface area contributed by atoms with Gasteiger partial charge in [-0.05, 0) is 31.5 Å². The number of aliphatic hydroxyl groups is 1. The van der Waals surface area contributed by atoms with Crippen molar-refractivity contribution in [3.63, 3.8) is 0 Å². The summed E-state index contributed by atoms with van der Waals surface area (Å²) in [5, 5.41) is 15.2. The van der Waals surface area contributed by atoms with Crippen LogP contribution in [-0.4, -0.2) is 39.0 Å². The van der Waals surface area contributed by atoms with Crippen LogP contribution in [0.2, 0.25) is 0 Å². The first kappa shape index (κ1) is 23.0. The lowest BCUT2D eigenvalue weighted by atomic mass is 10.1. The second kappa shape index (κ2) is 11.1. The first-order valence-corrected chi connectivity index (χ1v) is 11.0. The zero-order valence-electron chi connectivity index (χ0n) is 18.6. The Balaban J connectivity index is 1.99. The van der Waals surface area contributed by atoms with E-state index in [1.54, 1.807) is 16.8 Å². The number of halogens is 1. The number of aromatic nitrogens is 2. The number of aryl methyl sites for hydroxylation is 1. The highest BCUT2D eigenvalue weighted by atomic mass is 19.1. The molecule has 0 aliphatic rings. The van der Waals surface area contributed by atoms with Crippen molar-refractivity contribution in [2.75, 3.05) is 13.1 Å². The number of aliphatic hydroxyl groups excluding tert-OH is 1. The molecule has 0 spiro atoms. The molecule has 0 radical (unpaired) electrons. The molecule has 1 heterocycles. The third-order valence-electron chi connectivity index (χ3n) is 5.16. The molecule has 31 heavy (non-hydrogen) atoms. The Morgan fingerprint density at radius 1 is 1.10 bits per heavy atom. The molecule has 0 aliphatic heterocycles. The average molecular weight is 426 g/mol. The fraction of sp³-hybridized carbons (Fsp3) is 0.400. The minimum atomic E-state index is -0.374. The number of rotatable bonds is 11. The fourth-order valence-electron chi connectivity index (χ4n) is 3.79. The van der Waals surface area contributed by atoms with Crippen molar-refractivity contribution in [3.05, 3.63) is 66.0 Å². The van der Waals surface area contributed by atoms with Crippen molar-refractivity contribution in [1.29, 1.82) is 0 Å². The first-order valence-electron chi connectivity index (χ1n) is 11.0. The highest BCUT2D eigenvalue weighted by molar-refractivity contribution is 5.65. The van der Waals surface area contributed by atoms with E-state index in [9.17, 15) is 9.50 Å². The Labute approximate surface area is 184 Å². The molecular formula is C25H32FN3O2. The van der Waals surface area contributed by atoms with Crippen molar-refractivity contribution in [2.24, 2.45) is 7.05 Å². The molecule has 0 bridgehead atoms. The molecule has 0 aliphatic carbocycles. The zero-order valence-corrected chi connectivity index (χ0v) is 18.6. The van der Waals surface area contributed by atoms with E-state index in [1.165, 1.54) is 12.1 Å². The van der Waals surface area contributed by atoms with Crippen LogP contribution in [0.15, 0.2) is 54.6 Å². The van der Waals surface area contributed by atoms with Crippen LogP contribution in [0.5, 0.6) is 11.6 Å². The first-order chi connectivity index (χ1) is 15.0. The Morgan fingerprint density at radius 2 is 1.87 bits per heavy atom. The van der Waals surface area contributed by atoms with Crippen molar-refractivity contribution in [1.82, 2.24) is 14.7 Å². The molecule has 0 fully saturated rings. The van der Waals surface area contributed by atoms with E-state index >= 15 is 0 Å². The Morgan fingerprint density at radius 3 is 2.55 bits per heavy atom. The summed E-state index contributed by atoms with van der Waals surface area (Å²) in [6, 6.07) is 16.1.